The van der Waals surface area contributed by atoms with E-state index in [0.717, 1.165) is 71.6 Å². The number of rotatable bonds is 17. The summed E-state index contributed by atoms with van der Waals surface area (Å²) < 4.78 is 56.9. The second-order valence-corrected chi connectivity index (χ2v) is 15.2. The first kappa shape index (κ1) is 31.2. The van der Waals surface area contributed by atoms with Gasteiger partial charge in [0.2, 0.25) is 0 Å². The summed E-state index contributed by atoms with van der Waals surface area (Å²) in [6.45, 7) is 8.58. The van der Waals surface area contributed by atoms with Gasteiger partial charge in [0.1, 0.15) is 0 Å². The van der Waals surface area contributed by atoms with Crippen molar-refractivity contribution in [2.75, 3.05) is 13.1 Å². The van der Waals surface area contributed by atoms with Gasteiger partial charge >= 0.3 is 0 Å². The van der Waals surface area contributed by atoms with Crippen LogP contribution in [0.3, 0.4) is 0 Å². The zero-order valence-corrected chi connectivity index (χ0v) is 25.1. The lowest BCUT2D eigenvalue weighted by Crippen LogP contribution is -2.29. The first-order valence-corrected chi connectivity index (χ1v) is 17.6. The number of nitrogens with zero attached hydrogens (tertiary/aromatic N) is 2. The smallest absolute Gasteiger partial charge is 0.206 e. The van der Waals surface area contributed by atoms with Crippen molar-refractivity contribution in [2.45, 2.75) is 88.9 Å². The summed E-state index contributed by atoms with van der Waals surface area (Å²) >= 11 is 0. The van der Waals surface area contributed by atoms with Crippen molar-refractivity contribution in [1.29, 1.82) is 0 Å². The Balaban J connectivity index is 2.31. The summed E-state index contributed by atoms with van der Waals surface area (Å²) in [5.74, 6) is 0. The third-order valence-corrected chi connectivity index (χ3v) is 13.1. The first-order valence-electron chi connectivity index (χ1n) is 12.7. The van der Waals surface area contributed by atoms with Gasteiger partial charge in [-0.2, -0.15) is 0 Å². The van der Waals surface area contributed by atoms with Gasteiger partial charge in [-0.05, 0) is 62.1 Å². The molecule has 0 heterocycles. The van der Waals surface area contributed by atoms with E-state index < -0.39 is 20.0 Å². The Morgan fingerprint density at radius 1 is 0.611 bits per heavy atom. The molecule has 0 radical (unpaired) electrons. The lowest BCUT2D eigenvalue weighted by atomic mass is 10.2. The van der Waals surface area contributed by atoms with Gasteiger partial charge < -0.3 is 0 Å². The Kier molecular flexibility index (Phi) is 13.3. The van der Waals surface area contributed by atoms with Crippen LogP contribution in [0.15, 0.2) is 58.3 Å². The number of hydrogen-bond donors (Lipinski definition) is 0. The van der Waals surface area contributed by atoms with E-state index in [1.807, 2.05) is 26.0 Å². The second kappa shape index (κ2) is 15.4. The van der Waals surface area contributed by atoms with Gasteiger partial charge in [0.05, 0.1) is 9.79 Å². The Morgan fingerprint density at radius 3 is 1.33 bits per heavy atom. The van der Waals surface area contributed by atoms with Crippen LogP contribution in [-0.2, 0) is 20.0 Å². The van der Waals surface area contributed by atoms with Crippen LogP contribution < -0.4 is 0 Å². The Morgan fingerprint density at radius 2 is 1.00 bits per heavy atom. The molecule has 0 spiro atoms. The lowest BCUT2D eigenvalue weighted by Gasteiger charge is -2.25. The molecule has 0 aromatic heterocycles. The molecule has 0 saturated heterocycles. The second-order valence-electron chi connectivity index (χ2n) is 8.97. The Hall–Kier alpha value is -1.04. The van der Waals surface area contributed by atoms with Crippen LogP contribution in [0.4, 0.5) is 0 Å². The monoisotopic (exact) mass is 572 g/mol. The van der Waals surface area contributed by atoms with Crippen LogP contribution in [0.5, 0.6) is 0 Å². The van der Waals surface area contributed by atoms with Gasteiger partial charge in [-0.25, -0.2) is 16.8 Å². The summed E-state index contributed by atoms with van der Waals surface area (Å²) in [7, 11) is -5.61. The average Bonchev–Trinajstić information content (AvgIpc) is 2.84. The lowest BCUT2D eigenvalue weighted by molar-refractivity contribution is 0.520. The molecule has 0 bridgehead atoms. The van der Waals surface area contributed by atoms with Crippen LogP contribution in [-0.4, -0.2) is 37.3 Å². The number of sulfonamides is 2. The zero-order chi connectivity index (χ0) is 26.6. The highest BCUT2D eigenvalue weighted by Crippen LogP contribution is 2.38. The normalized spacial score (nSPS) is 12.5. The largest absolute Gasteiger partial charge is 0.253 e. The topological polar surface area (TPSA) is 74.8 Å². The molecule has 0 N–H and O–H groups in total. The third kappa shape index (κ3) is 9.36. The number of hydrogen-bond acceptors (Lipinski definition) is 6. The van der Waals surface area contributed by atoms with Crippen molar-refractivity contribution in [3.05, 3.63) is 59.7 Å². The van der Waals surface area contributed by atoms with E-state index >= 15 is 0 Å². The molecule has 6 nitrogen and oxygen atoms in total. The van der Waals surface area contributed by atoms with Crippen molar-refractivity contribution >= 4 is 42.0 Å². The molecule has 0 amide bonds. The molecular weight excluding hydrogens is 533 g/mol. The summed E-state index contributed by atoms with van der Waals surface area (Å²) in [6.07, 6.45) is 7.43. The van der Waals surface area contributed by atoms with E-state index in [4.69, 9.17) is 0 Å². The first-order chi connectivity index (χ1) is 17.1. The van der Waals surface area contributed by atoms with Crippen LogP contribution in [0.2, 0.25) is 0 Å². The van der Waals surface area contributed by atoms with E-state index in [1.54, 1.807) is 36.4 Å². The molecule has 0 aliphatic rings. The Bertz CT molecular complexity index is 1060. The van der Waals surface area contributed by atoms with Crippen molar-refractivity contribution in [3.8, 4) is 0 Å². The highest BCUT2D eigenvalue weighted by Gasteiger charge is 2.30. The maximum Gasteiger partial charge on any atom is 0.253 e. The van der Waals surface area contributed by atoms with Crippen molar-refractivity contribution < 1.29 is 16.8 Å². The van der Waals surface area contributed by atoms with Crippen molar-refractivity contribution in [1.82, 2.24) is 7.42 Å². The molecule has 0 aliphatic heterocycles. The molecule has 2 aromatic rings. The number of unbranched alkanes of at least 4 members (excludes halogenated alkanes) is 6. The third-order valence-electron chi connectivity index (χ3n) is 5.70. The van der Waals surface area contributed by atoms with Gasteiger partial charge in [-0.1, -0.05) is 76.6 Å². The van der Waals surface area contributed by atoms with E-state index in [1.165, 1.54) is 7.42 Å². The molecule has 10 heteroatoms. The fraction of sp³-hybridized carbons (Fsp3) is 0.538. The highest BCUT2D eigenvalue weighted by molar-refractivity contribution is 8.76. The predicted molar refractivity (Wildman–Crippen MR) is 154 cm³/mol. The molecule has 0 saturated carbocycles. The van der Waals surface area contributed by atoms with Crippen LogP contribution in [0.1, 0.15) is 76.3 Å². The van der Waals surface area contributed by atoms with E-state index in [9.17, 15) is 16.8 Å². The highest BCUT2D eigenvalue weighted by atomic mass is 33.1. The van der Waals surface area contributed by atoms with Crippen LogP contribution in [0, 0.1) is 13.8 Å². The fourth-order valence-corrected chi connectivity index (χ4v) is 10.5. The molecule has 2 rings (SSSR count). The maximum absolute atomic E-state index is 13.5. The van der Waals surface area contributed by atoms with E-state index in [-0.39, 0.29) is 9.79 Å². The summed E-state index contributed by atoms with van der Waals surface area (Å²) in [5, 5.41) is 0. The molecular formula is C26H40N2O4S4. The minimum absolute atomic E-state index is 0.224. The standard InChI is InChI=1S/C26H40N2O4S4/c1-5-7-9-11-19-27(35(29,30)25-17-13-15-23(3)21-25)33-34-28(20-12-10-8-6-2)36(31,32)26-18-14-16-24(4)22-26/h13-18,21-22H,5-12,19-20H2,1-4H3. The van der Waals surface area contributed by atoms with Gasteiger partial charge in [-0.15, -0.1) is 7.42 Å². The molecule has 2 aromatic carbocycles. The average molecular weight is 573 g/mol. The Labute approximate surface area is 227 Å². The van der Waals surface area contributed by atoms with E-state index in [0.29, 0.717) is 25.9 Å². The molecule has 0 fully saturated rings. The van der Waals surface area contributed by atoms with Crippen molar-refractivity contribution in [3.63, 3.8) is 0 Å². The predicted octanol–water partition coefficient (Wildman–Crippen LogP) is 7.36. The summed E-state index contributed by atoms with van der Waals surface area (Å²) in [5.41, 5.74) is 1.72. The molecule has 0 atom stereocenters. The molecule has 202 valence electrons. The minimum Gasteiger partial charge on any atom is -0.206 e. The SMILES string of the molecule is CCCCCCN(SSN(CCCCCC)S(=O)(=O)c1cccc(C)c1)S(=O)(=O)c1cccc(C)c1. The number of aryl methyl sites for hydroxylation is 2. The van der Waals surface area contributed by atoms with Gasteiger partial charge in [0.15, 0.2) is 0 Å². The molecule has 36 heavy (non-hydrogen) atoms. The van der Waals surface area contributed by atoms with Crippen LogP contribution >= 0.6 is 22.0 Å². The summed E-state index contributed by atoms with van der Waals surface area (Å²) in [4.78, 5) is 0.448. The van der Waals surface area contributed by atoms with Crippen LogP contribution in [0.25, 0.3) is 0 Å². The fourth-order valence-electron chi connectivity index (χ4n) is 3.59. The molecule has 0 aliphatic carbocycles. The van der Waals surface area contributed by atoms with Gasteiger partial charge in [0, 0.05) is 35.0 Å². The van der Waals surface area contributed by atoms with Crippen molar-refractivity contribution in [2.24, 2.45) is 0 Å². The maximum atomic E-state index is 13.5. The van der Waals surface area contributed by atoms with Gasteiger partial charge in [0.25, 0.3) is 20.0 Å². The number of benzene rings is 2. The van der Waals surface area contributed by atoms with E-state index in [2.05, 4.69) is 13.8 Å². The summed E-state index contributed by atoms with van der Waals surface area (Å²) in [6, 6.07) is 13.7. The quantitative estimate of drug-likeness (QED) is 0.112. The minimum atomic E-state index is -3.80. The zero-order valence-electron chi connectivity index (χ0n) is 21.9. The molecule has 0 unspecified atom stereocenters. The van der Waals surface area contributed by atoms with Gasteiger partial charge in [-0.3, -0.25) is 0 Å².